The lowest BCUT2D eigenvalue weighted by Crippen LogP contribution is -2.57. The number of halogens is 1. The molecule has 2 amide bonds. The molecule has 3 aliphatic rings. The van der Waals surface area contributed by atoms with E-state index in [0.29, 0.717) is 6.54 Å². The fourth-order valence-electron chi connectivity index (χ4n) is 6.84. The Labute approximate surface area is 215 Å². The van der Waals surface area contributed by atoms with Crippen molar-refractivity contribution in [3.05, 3.63) is 65.5 Å². The van der Waals surface area contributed by atoms with Crippen molar-refractivity contribution in [2.24, 2.45) is 5.41 Å². The van der Waals surface area contributed by atoms with Crippen LogP contribution in [0.4, 0.5) is 9.18 Å². The summed E-state index contributed by atoms with van der Waals surface area (Å²) in [5.41, 5.74) is 1.99. The van der Waals surface area contributed by atoms with Crippen LogP contribution in [0, 0.1) is 11.2 Å². The first-order valence-corrected chi connectivity index (χ1v) is 13.3. The lowest BCUT2D eigenvalue weighted by molar-refractivity contribution is -0.000447. The van der Waals surface area contributed by atoms with Gasteiger partial charge in [-0.05, 0) is 93.4 Å². The van der Waals surface area contributed by atoms with E-state index in [2.05, 4.69) is 53.9 Å². The molecule has 0 atom stereocenters. The topological polar surface area (TPSA) is 36.0 Å². The second-order valence-electron chi connectivity index (χ2n) is 11.9. The predicted molar refractivity (Wildman–Crippen MR) is 140 cm³/mol. The molecule has 5 rings (SSSR count). The molecule has 0 bridgehead atoms. The van der Waals surface area contributed by atoms with Crippen LogP contribution >= 0.6 is 0 Å². The average molecular weight is 494 g/mol. The predicted octanol–water partition coefficient (Wildman–Crippen LogP) is 6.03. The van der Waals surface area contributed by atoms with Crippen molar-refractivity contribution in [3.63, 3.8) is 0 Å². The van der Waals surface area contributed by atoms with Gasteiger partial charge in [-0.15, -0.1) is 0 Å². The molecule has 0 radical (unpaired) electrons. The molecule has 2 aromatic rings. The molecule has 6 heteroatoms. The summed E-state index contributed by atoms with van der Waals surface area (Å²) in [5, 5.41) is 0. The van der Waals surface area contributed by atoms with E-state index < -0.39 is 0 Å². The molecule has 2 aliphatic carbocycles. The van der Waals surface area contributed by atoms with E-state index in [0.717, 1.165) is 55.6 Å². The number of carbonyl (C=O) groups is 1. The second-order valence-corrected chi connectivity index (χ2v) is 11.9. The van der Waals surface area contributed by atoms with Crippen LogP contribution in [0.1, 0.15) is 63.0 Å². The summed E-state index contributed by atoms with van der Waals surface area (Å²) in [6.07, 6.45) is 7.28. The third kappa shape index (κ3) is 4.38. The Bertz CT molecular complexity index is 1090. The molecule has 3 fully saturated rings. The van der Waals surface area contributed by atoms with Crippen LogP contribution in [0.2, 0.25) is 0 Å². The van der Waals surface area contributed by atoms with Crippen molar-refractivity contribution >= 4 is 6.03 Å². The van der Waals surface area contributed by atoms with Gasteiger partial charge < -0.3 is 14.5 Å². The Kier molecular flexibility index (Phi) is 6.52. The summed E-state index contributed by atoms with van der Waals surface area (Å²) in [7, 11) is 5.88. The maximum absolute atomic E-state index is 14.2. The minimum absolute atomic E-state index is 0.169. The molecule has 194 valence electrons. The number of benzene rings is 2. The van der Waals surface area contributed by atoms with Gasteiger partial charge in [-0.25, -0.2) is 9.18 Å². The van der Waals surface area contributed by atoms with Crippen LogP contribution in [-0.4, -0.2) is 60.6 Å². The molecule has 1 spiro atoms. The van der Waals surface area contributed by atoms with Gasteiger partial charge in [-0.3, -0.25) is 4.90 Å². The lowest BCUT2D eigenvalue weighted by Gasteiger charge is -2.53. The molecular weight excluding hydrogens is 453 g/mol. The highest BCUT2D eigenvalue weighted by Crippen LogP contribution is 2.51. The molecular formula is C30H40FN3O2. The SMILES string of the molecule is COc1ccc(CN2C[C@]3(CC[C@](c4cccc(F)c4)(N(C)C)CC3)N(CC3(C)CCC3)C2=O)cc1. The zero-order chi connectivity index (χ0) is 25.6. The third-order valence-electron chi connectivity index (χ3n) is 9.42. The highest BCUT2D eigenvalue weighted by atomic mass is 19.1. The molecule has 0 unspecified atom stereocenters. The van der Waals surface area contributed by atoms with Crippen LogP contribution in [0.15, 0.2) is 48.5 Å². The van der Waals surface area contributed by atoms with Crippen LogP contribution in [-0.2, 0) is 12.1 Å². The fraction of sp³-hybridized carbons (Fsp3) is 0.567. The first-order chi connectivity index (χ1) is 17.2. The molecule has 0 N–H and O–H groups in total. The zero-order valence-electron chi connectivity index (χ0n) is 22.2. The monoisotopic (exact) mass is 493 g/mol. The molecule has 1 heterocycles. The number of urea groups is 1. The summed E-state index contributed by atoms with van der Waals surface area (Å²) in [5.74, 6) is 0.641. The van der Waals surface area contributed by atoms with Crippen molar-refractivity contribution in [2.45, 2.75) is 69.5 Å². The van der Waals surface area contributed by atoms with Crippen molar-refractivity contribution in [2.75, 3.05) is 34.3 Å². The Hall–Kier alpha value is -2.60. The first-order valence-electron chi connectivity index (χ1n) is 13.3. The highest BCUT2D eigenvalue weighted by Gasteiger charge is 2.56. The lowest BCUT2D eigenvalue weighted by atomic mass is 9.66. The van der Waals surface area contributed by atoms with Gasteiger partial charge in [0.25, 0.3) is 0 Å². The third-order valence-corrected chi connectivity index (χ3v) is 9.42. The molecule has 1 saturated heterocycles. The van der Waals surface area contributed by atoms with E-state index in [-0.39, 0.29) is 28.3 Å². The van der Waals surface area contributed by atoms with Gasteiger partial charge in [0.15, 0.2) is 0 Å². The minimum Gasteiger partial charge on any atom is -0.497 e. The smallest absolute Gasteiger partial charge is 0.320 e. The standard InChI is InChI=1S/C30H40FN3O2/c1-28(13-6-14-28)21-34-27(35)33(20-23-9-11-26(36-4)12-10-23)22-29(34)15-17-30(18-16-29,32(2)3)24-7-5-8-25(31)19-24/h5,7-12,19H,6,13-18,20-22H2,1-4H3/t29-,30+. The van der Waals surface area contributed by atoms with Gasteiger partial charge in [0.05, 0.1) is 12.6 Å². The van der Waals surface area contributed by atoms with E-state index >= 15 is 0 Å². The largest absolute Gasteiger partial charge is 0.497 e. The number of nitrogens with zero attached hydrogens (tertiary/aromatic N) is 3. The first kappa shape index (κ1) is 25.1. The van der Waals surface area contributed by atoms with E-state index in [1.807, 2.05) is 18.2 Å². The fourth-order valence-corrected chi connectivity index (χ4v) is 6.84. The molecule has 2 aromatic carbocycles. The number of rotatable bonds is 7. The van der Waals surface area contributed by atoms with Crippen molar-refractivity contribution in [3.8, 4) is 5.75 Å². The van der Waals surface area contributed by atoms with Crippen molar-refractivity contribution in [1.29, 1.82) is 0 Å². The number of ether oxygens (including phenoxy) is 1. The van der Waals surface area contributed by atoms with E-state index in [1.165, 1.54) is 25.3 Å². The Morgan fingerprint density at radius 3 is 2.25 bits per heavy atom. The second kappa shape index (κ2) is 9.37. The number of methoxy groups -OCH3 is 1. The minimum atomic E-state index is -0.216. The summed E-state index contributed by atoms with van der Waals surface area (Å²) < 4.78 is 19.5. The Morgan fingerprint density at radius 1 is 1.00 bits per heavy atom. The number of amides is 2. The molecule has 5 nitrogen and oxygen atoms in total. The van der Waals surface area contributed by atoms with Crippen LogP contribution < -0.4 is 4.74 Å². The van der Waals surface area contributed by atoms with Gasteiger partial charge in [-0.1, -0.05) is 37.6 Å². The summed E-state index contributed by atoms with van der Waals surface area (Å²) in [6.45, 7) is 4.53. The van der Waals surface area contributed by atoms with E-state index in [1.54, 1.807) is 13.2 Å². The summed E-state index contributed by atoms with van der Waals surface area (Å²) >= 11 is 0. The molecule has 2 saturated carbocycles. The maximum atomic E-state index is 14.2. The van der Waals surface area contributed by atoms with Gasteiger partial charge >= 0.3 is 6.03 Å². The average Bonchev–Trinajstić information content (AvgIpc) is 3.09. The molecule has 36 heavy (non-hydrogen) atoms. The normalized spacial score (nSPS) is 27.6. The number of carbonyl (C=O) groups excluding carboxylic acids is 1. The van der Waals surface area contributed by atoms with Crippen LogP contribution in [0.5, 0.6) is 5.75 Å². The summed E-state index contributed by atoms with van der Waals surface area (Å²) in [4.78, 5) is 20.5. The summed E-state index contributed by atoms with van der Waals surface area (Å²) in [6, 6.07) is 15.3. The van der Waals surface area contributed by atoms with Gasteiger partial charge in [0, 0.05) is 25.2 Å². The Morgan fingerprint density at radius 2 is 1.69 bits per heavy atom. The van der Waals surface area contributed by atoms with E-state index in [9.17, 15) is 9.18 Å². The number of hydrogen-bond acceptors (Lipinski definition) is 3. The Balaban J connectivity index is 1.41. The number of hydrogen-bond donors (Lipinski definition) is 0. The van der Waals surface area contributed by atoms with Crippen molar-refractivity contribution < 1.29 is 13.9 Å². The zero-order valence-corrected chi connectivity index (χ0v) is 22.2. The quantitative estimate of drug-likeness (QED) is 0.472. The van der Waals surface area contributed by atoms with Crippen molar-refractivity contribution in [1.82, 2.24) is 14.7 Å². The van der Waals surface area contributed by atoms with Gasteiger partial charge in [0.2, 0.25) is 0 Å². The van der Waals surface area contributed by atoms with Crippen LogP contribution in [0.3, 0.4) is 0 Å². The van der Waals surface area contributed by atoms with E-state index in [4.69, 9.17) is 4.74 Å². The van der Waals surface area contributed by atoms with Gasteiger partial charge in [0.1, 0.15) is 11.6 Å². The molecule has 1 aliphatic heterocycles. The maximum Gasteiger partial charge on any atom is 0.320 e. The van der Waals surface area contributed by atoms with Crippen LogP contribution in [0.25, 0.3) is 0 Å². The molecule has 0 aromatic heterocycles. The highest BCUT2D eigenvalue weighted by molar-refractivity contribution is 5.78. The van der Waals surface area contributed by atoms with Gasteiger partial charge in [-0.2, -0.15) is 0 Å².